The Kier molecular flexibility index (Phi) is 4.86. The van der Waals surface area contributed by atoms with E-state index in [1.165, 1.54) is 4.90 Å². The van der Waals surface area contributed by atoms with Crippen LogP contribution in [-0.4, -0.2) is 40.8 Å². The minimum absolute atomic E-state index is 0.301. The summed E-state index contributed by atoms with van der Waals surface area (Å²) < 4.78 is 0. The summed E-state index contributed by atoms with van der Waals surface area (Å²) in [5, 5.41) is 2.36. The molecule has 0 unspecified atom stereocenters. The van der Waals surface area contributed by atoms with E-state index in [4.69, 9.17) is 0 Å². The molecule has 1 aliphatic carbocycles. The Morgan fingerprint density at radius 3 is 2.60 bits per heavy atom. The van der Waals surface area contributed by atoms with Gasteiger partial charge in [0.1, 0.15) is 5.41 Å². The van der Waals surface area contributed by atoms with Crippen LogP contribution in [0.5, 0.6) is 0 Å². The number of rotatable bonds is 5. The van der Waals surface area contributed by atoms with Crippen molar-refractivity contribution in [2.24, 2.45) is 5.41 Å². The fourth-order valence-electron chi connectivity index (χ4n) is 2.85. The van der Waals surface area contributed by atoms with Crippen molar-refractivity contribution in [3.8, 4) is 0 Å². The van der Waals surface area contributed by atoms with E-state index in [0.717, 1.165) is 25.0 Å². The quantitative estimate of drug-likeness (QED) is 0.478. The van der Waals surface area contributed by atoms with Gasteiger partial charge in [-0.15, -0.1) is 6.58 Å². The molecule has 1 heterocycles. The second kappa shape index (κ2) is 6.43. The molecule has 0 aromatic rings. The van der Waals surface area contributed by atoms with Gasteiger partial charge in [0.05, 0.1) is 0 Å². The molecule has 2 rings (SSSR count). The average Bonchev–Trinajstić information content (AvgIpc) is 2.46. The predicted molar refractivity (Wildman–Crippen MR) is 78.3 cm³/mol. The number of thioether (sulfide) groups is 1. The summed E-state index contributed by atoms with van der Waals surface area (Å²) >= 11 is 1.61. The lowest BCUT2D eigenvalue weighted by atomic mass is 9.71. The van der Waals surface area contributed by atoms with E-state index in [0.29, 0.717) is 25.1 Å². The van der Waals surface area contributed by atoms with Gasteiger partial charge in [-0.2, -0.15) is 11.8 Å². The summed E-state index contributed by atoms with van der Waals surface area (Å²) in [5.74, 6) is 0.746. The molecule has 1 saturated carbocycles. The molecule has 2 aliphatic rings. The molecule has 2 fully saturated rings. The van der Waals surface area contributed by atoms with Crippen molar-refractivity contribution in [1.82, 2.24) is 10.2 Å². The summed E-state index contributed by atoms with van der Waals surface area (Å²) in [5.41, 5.74) is -0.991. The molecule has 20 heavy (non-hydrogen) atoms. The van der Waals surface area contributed by atoms with Crippen molar-refractivity contribution in [3.63, 3.8) is 0 Å². The highest BCUT2D eigenvalue weighted by atomic mass is 32.2. The lowest BCUT2D eigenvalue weighted by Gasteiger charge is -2.41. The van der Waals surface area contributed by atoms with Gasteiger partial charge in [-0.25, -0.2) is 4.79 Å². The number of hydrogen-bond acceptors (Lipinski definition) is 4. The van der Waals surface area contributed by atoms with E-state index in [-0.39, 0.29) is 5.91 Å². The van der Waals surface area contributed by atoms with Gasteiger partial charge in [-0.3, -0.25) is 19.8 Å². The maximum absolute atomic E-state index is 12.6. The van der Waals surface area contributed by atoms with Crippen molar-refractivity contribution in [3.05, 3.63) is 12.7 Å². The van der Waals surface area contributed by atoms with Gasteiger partial charge in [0.2, 0.25) is 11.8 Å². The first-order valence-corrected chi connectivity index (χ1v) is 8.13. The van der Waals surface area contributed by atoms with Crippen LogP contribution in [0, 0.1) is 5.41 Å². The molecule has 0 radical (unpaired) electrons. The SMILES string of the molecule is C=CCSCCN1C(=O)NC(=O)C2(CCCCC2)C1=O. The van der Waals surface area contributed by atoms with Crippen molar-refractivity contribution in [2.45, 2.75) is 32.1 Å². The average molecular weight is 296 g/mol. The molecule has 5 nitrogen and oxygen atoms in total. The number of hydrogen-bond donors (Lipinski definition) is 1. The zero-order chi connectivity index (χ0) is 14.6. The molecule has 4 amide bonds. The van der Waals surface area contributed by atoms with Crippen LogP contribution in [0.2, 0.25) is 0 Å². The van der Waals surface area contributed by atoms with Crippen LogP contribution in [0.4, 0.5) is 4.79 Å². The fourth-order valence-corrected chi connectivity index (χ4v) is 3.50. The van der Waals surface area contributed by atoms with E-state index in [9.17, 15) is 14.4 Å². The number of amides is 4. The van der Waals surface area contributed by atoms with Crippen LogP contribution in [0.3, 0.4) is 0 Å². The second-order valence-corrected chi connectivity index (χ2v) is 6.37. The fraction of sp³-hybridized carbons (Fsp3) is 0.643. The van der Waals surface area contributed by atoms with Crippen LogP contribution in [0.15, 0.2) is 12.7 Å². The van der Waals surface area contributed by atoms with Crippen LogP contribution < -0.4 is 5.32 Å². The van der Waals surface area contributed by atoms with Gasteiger partial charge >= 0.3 is 6.03 Å². The minimum Gasteiger partial charge on any atom is -0.277 e. The molecule has 0 bridgehead atoms. The Hall–Kier alpha value is -1.30. The first kappa shape index (κ1) is 15.1. The lowest BCUT2D eigenvalue weighted by molar-refractivity contribution is -0.153. The number of barbiturate groups is 1. The zero-order valence-electron chi connectivity index (χ0n) is 11.5. The third-order valence-electron chi connectivity index (χ3n) is 3.96. The molecule has 0 atom stereocenters. The summed E-state index contributed by atoms with van der Waals surface area (Å²) in [4.78, 5) is 37.8. The van der Waals surface area contributed by atoms with E-state index < -0.39 is 17.4 Å². The molecule has 110 valence electrons. The summed E-state index contributed by atoms with van der Waals surface area (Å²) in [6, 6.07) is -0.574. The highest BCUT2D eigenvalue weighted by Gasteiger charge is 2.53. The monoisotopic (exact) mass is 296 g/mol. The van der Waals surface area contributed by atoms with Gasteiger partial charge in [-0.1, -0.05) is 25.3 Å². The van der Waals surface area contributed by atoms with E-state index >= 15 is 0 Å². The molecular formula is C14H20N2O3S. The molecule has 1 aliphatic heterocycles. The zero-order valence-corrected chi connectivity index (χ0v) is 12.3. The number of nitrogens with zero attached hydrogens (tertiary/aromatic N) is 1. The Morgan fingerprint density at radius 1 is 1.25 bits per heavy atom. The number of urea groups is 1. The topological polar surface area (TPSA) is 66.5 Å². The Labute approximate surface area is 123 Å². The standard InChI is InChI=1S/C14H20N2O3S/c1-2-9-20-10-8-16-12(18)14(6-4-3-5-7-14)11(17)15-13(16)19/h2H,1,3-10H2,(H,15,17,19). The normalized spacial score (nSPS) is 22.0. The maximum Gasteiger partial charge on any atom is 0.330 e. The van der Waals surface area contributed by atoms with Crippen LogP contribution in [-0.2, 0) is 9.59 Å². The van der Waals surface area contributed by atoms with Crippen molar-refractivity contribution < 1.29 is 14.4 Å². The smallest absolute Gasteiger partial charge is 0.277 e. The molecule has 0 aromatic heterocycles. The van der Waals surface area contributed by atoms with Crippen molar-refractivity contribution in [2.75, 3.05) is 18.1 Å². The Balaban J connectivity index is 2.07. The molecule has 6 heteroatoms. The predicted octanol–water partition coefficient (Wildman–Crippen LogP) is 1.93. The molecule has 1 N–H and O–H groups in total. The molecule has 0 aromatic carbocycles. The van der Waals surface area contributed by atoms with Crippen LogP contribution in [0.25, 0.3) is 0 Å². The number of imide groups is 2. The van der Waals surface area contributed by atoms with Crippen LogP contribution in [0.1, 0.15) is 32.1 Å². The summed E-state index contributed by atoms with van der Waals surface area (Å²) in [7, 11) is 0. The number of carbonyl (C=O) groups is 3. The third kappa shape index (κ3) is 2.75. The van der Waals surface area contributed by atoms with Crippen LogP contribution >= 0.6 is 11.8 Å². The minimum atomic E-state index is -0.991. The van der Waals surface area contributed by atoms with Crippen molar-refractivity contribution >= 4 is 29.6 Å². The van der Waals surface area contributed by atoms with Gasteiger partial charge in [0.25, 0.3) is 0 Å². The van der Waals surface area contributed by atoms with Gasteiger partial charge in [0, 0.05) is 18.1 Å². The Bertz CT molecular complexity index is 430. The maximum atomic E-state index is 12.6. The molecule has 1 spiro atoms. The highest BCUT2D eigenvalue weighted by molar-refractivity contribution is 7.99. The van der Waals surface area contributed by atoms with Gasteiger partial charge in [0.15, 0.2) is 0 Å². The van der Waals surface area contributed by atoms with E-state index in [1.807, 2.05) is 0 Å². The van der Waals surface area contributed by atoms with Crippen molar-refractivity contribution in [1.29, 1.82) is 0 Å². The highest BCUT2D eigenvalue weighted by Crippen LogP contribution is 2.40. The summed E-state index contributed by atoms with van der Waals surface area (Å²) in [6.07, 6.45) is 5.68. The number of nitrogens with one attached hydrogen (secondary N) is 1. The number of carbonyl (C=O) groups excluding carboxylic acids is 3. The van der Waals surface area contributed by atoms with E-state index in [1.54, 1.807) is 17.8 Å². The van der Waals surface area contributed by atoms with Gasteiger partial charge < -0.3 is 0 Å². The first-order valence-electron chi connectivity index (χ1n) is 6.98. The molecular weight excluding hydrogens is 276 g/mol. The van der Waals surface area contributed by atoms with E-state index in [2.05, 4.69) is 11.9 Å². The summed E-state index contributed by atoms with van der Waals surface area (Å²) in [6.45, 7) is 3.97. The van der Waals surface area contributed by atoms with Gasteiger partial charge in [-0.05, 0) is 12.8 Å². The first-order chi connectivity index (χ1) is 9.62. The lowest BCUT2D eigenvalue weighted by Crippen LogP contribution is -2.64. The second-order valence-electron chi connectivity index (χ2n) is 5.22. The third-order valence-corrected chi connectivity index (χ3v) is 4.90. The molecule has 1 saturated heterocycles. The largest absolute Gasteiger partial charge is 0.330 e. The Morgan fingerprint density at radius 2 is 1.95 bits per heavy atom.